The molecule has 0 bridgehead atoms. The summed E-state index contributed by atoms with van der Waals surface area (Å²) in [5.41, 5.74) is -0.381. The van der Waals surface area contributed by atoms with Crippen molar-refractivity contribution in [1.82, 2.24) is 4.90 Å². The SMILES string of the molecule is CCC1CC[C@@H]2CN(C(=O)OC(C)(C)C)CC[C@@H]2C1. The molecule has 3 atom stereocenters. The lowest BCUT2D eigenvalue weighted by Crippen LogP contribution is -2.47. The maximum atomic E-state index is 12.1. The summed E-state index contributed by atoms with van der Waals surface area (Å²) in [6.07, 6.45) is 6.38. The van der Waals surface area contributed by atoms with Gasteiger partial charge in [-0.1, -0.05) is 19.8 Å². The minimum atomic E-state index is -0.381. The predicted molar refractivity (Wildman–Crippen MR) is 77.0 cm³/mol. The summed E-state index contributed by atoms with van der Waals surface area (Å²) in [7, 11) is 0. The van der Waals surface area contributed by atoms with Crippen molar-refractivity contribution in [1.29, 1.82) is 0 Å². The number of carbonyl (C=O) groups is 1. The number of rotatable bonds is 1. The van der Waals surface area contributed by atoms with E-state index in [4.69, 9.17) is 4.74 Å². The molecule has 1 unspecified atom stereocenters. The third-order valence-electron chi connectivity index (χ3n) is 4.70. The molecule has 0 N–H and O–H groups in total. The number of hydrogen-bond donors (Lipinski definition) is 0. The Hall–Kier alpha value is -0.730. The van der Waals surface area contributed by atoms with Crippen molar-refractivity contribution >= 4 is 6.09 Å². The van der Waals surface area contributed by atoms with Crippen molar-refractivity contribution in [3.63, 3.8) is 0 Å². The summed E-state index contributed by atoms with van der Waals surface area (Å²) in [5, 5.41) is 0. The zero-order valence-electron chi connectivity index (χ0n) is 12.9. The Morgan fingerprint density at radius 3 is 2.58 bits per heavy atom. The minimum Gasteiger partial charge on any atom is -0.444 e. The van der Waals surface area contributed by atoms with E-state index < -0.39 is 0 Å². The van der Waals surface area contributed by atoms with Crippen LogP contribution in [0.25, 0.3) is 0 Å². The van der Waals surface area contributed by atoms with Gasteiger partial charge in [0.25, 0.3) is 0 Å². The van der Waals surface area contributed by atoms with E-state index in [1.165, 1.54) is 32.1 Å². The van der Waals surface area contributed by atoms with Gasteiger partial charge in [-0.05, 0) is 57.8 Å². The van der Waals surface area contributed by atoms with E-state index >= 15 is 0 Å². The molecule has 1 saturated heterocycles. The van der Waals surface area contributed by atoms with E-state index in [0.717, 1.165) is 24.9 Å². The van der Waals surface area contributed by atoms with E-state index in [0.29, 0.717) is 5.92 Å². The van der Waals surface area contributed by atoms with Gasteiger partial charge in [0.05, 0.1) is 0 Å². The van der Waals surface area contributed by atoms with Crippen LogP contribution in [0.2, 0.25) is 0 Å². The van der Waals surface area contributed by atoms with Crippen LogP contribution in [0.1, 0.15) is 59.8 Å². The lowest BCUT2D eigenvalue weighted by atomic mass is 9.70. The summed E-state index contributed by atoms with van der Waals surface area (Å²) in [6.45, 7) is 9.90. The van der Waals surface area contributed by atoms with Gasteiger partial charge < -0.3 is 9.64 Å². The highest BCUT2D eigenvalue weighted by molar-refractivity contribution is 5.68. The van der Waals surface area contributed by atoms with Gasteiger partial charge in [0.15, 0.2) is 0 Å². The van der Waals surface area contributed by atoms with Crippen molar-refractivity contribution in [3.05, 3.63) is 0 Å². The number of amides is 1. The number of fused-ring (bicyclic) bond motifs is 1. The van der Waals surface area contributed by atoms with Crippen LogP contribution in [-0.4, -0.2) is 29.7 Å². The molecule has 2 fully saturated rings. The molecule has 3 heteroatoms. The molecule has 0 aromatic heterocycles. The van der Waals surface area contributed by atoms with E-state index in [9.17, 15) is 4.79 Å². The first-order chi connectivity index (χ1) is 8.89. The summed E-state index contributed by atoms with van der Waals surface area (Å²) in [5.74, 6) is 2.48. The first-order valence-electron chi connectivity index (χ1n) is 7.87. The first kappa shape index (κ1) is 14.7. The maximum Gasteiger partial charge on any atom is 0.410 e. The van der Waals surface area contributed by atoms with Crippen molar-refractivity contribution < 1.29 is 9.53 Å². The molecule has 110 valence electrons. The molecule has 0 aromatic carbocycles. The second-order valence-electron chi connectivity index (χ2n) is 7.32. The van der Waals surface area contributed by atoms with Gasteiger partial charge >= 0.3 is 6.09 Å². The highest BCUT2D eigenvalue weighted by Gasteiger charge is 2.36. The van der Waals surface area contributed by atoms with E-state index in [2.05, 4.69) is 6.92 Å². The van der Waals surface area contributed by atoms with E-state index in [1.54, 1.807) is 0 Å². The molecule has 0 radical (unpaired) electrons. The highest BCUT2D eigenvalue weighted by atomic mass is 16.6. The number of ether oxygens (including phenoxy) is 1. The largest absolute Gasteiger partial charge is 0.444 e. The standard InChI is InChI=1S/C16H29NO2/c1-5-12-6-7-14-11-17(9-8-13(14)10-12)15(18)19-16(2,3)4/h12-14H,5-11H2,1-4H3/t12?,13-,14-/m1/s1. The zero-order chi connectivity index (χ0) is 14.0. The number of nitrogens with zero attached hydrogens (tertiary/aromatic N) is 1. The molecule has 1 aliphatic heterocycles. The van der Waals surface area contributed by atoms with Crippen LogP contribution in [0.5, 0.6) is 0 Å². The van der Waals surface area contributed by atoms with Crippen molar-refractivity contribution in [2.24, 2.45) is 17.8 Å². The molecule has 1 aliphatic carbocycles. The van der Waals surface area contributed by atoms with Gasteiger partial charge in [-0.25, -0.2) is 4.79 Å². The minimum absolute atomic E-state index is 0.122. The Kier molecular flexibility index (Phi) is 4.42. The molecule has 0 spiro atoms. The van der Waals surface area contributed by atoms with E-state index in [-0.39, 0.29) is 11.7 Å². The summed E-state index contributed by atoms with van der Waals surface area (Å²) in [6, 6.07) is 0. The second kappa shape index (κ2) is 5.72. The van der Waals surface area contributed by atoms with Crippen LogP contribution in [0, 0.1) is 17.8 Å². The molecular formula is C16H29NO2. The predicted octanol–water partition coefficient (Wildman–Crippen LogP) is 4.07. The lowest BCUT2D eigenvalue weighted by Gasteiger charge is -2.43. The number of hydrogen-bond acceptors (Lipinski definition) is 2. The van der Waals surface area contributed by atoms with Crippen LogP contribution in [0.4, 0.5) is 4.79 Å². The highest BCUT2D eigenvalue weighted by Crippen LogP contribution is 2.40. The lowest BCUT2D eigenvalue weighted by molar-refractivity contribution is 0.00181. The Bertz CT molecular complexity index is 321. The zero-order valence-corrected chi connectivity index (χ0v) is 12.9. The summed E-state index contributed by atoms with van der Waals surface area (Å²) < 4.78 is 5.49. The van der Waals surface area contributed by atoms with Gasteiger partial charge in [-0.15, -0.1) is 0 Å². The Morgan fingerprint density at radius 2 is 1.95 bits per heavy atom. The summed E-state index contributed by atoms with van der Waals surface area (Å²) in [4.78, 5) is 14.0. The van der Waals surface area contributed by atoms with Crippen molar-refractivity contribution in [2.45, 2.75) is 65.4 Å². The Labute approximate surface area is 117 Å². The molecule has 3 nitrogen and oxygen atoms in total. The average Bonchev–Trinajstić information content (AvgIpc) is 2.35. The first-order valence-corrected chi connectivity index (χ1v) is 7.87. The quantitative estimate of drug-likeness (QED) is 0.716. The van der Waals surface area contributed by atoms with Crippen LogP contribution >= 0.6 is 0 Å². The summed E-state index contributed by atoms with van der Waals surface area (Å²) >= 11 is 0. The third-order valence-corrected chi connectivity index (χ3v) is 4.70. The molecule has 1 amide bonds. The monoisotopic (exact) mass is 267 g/mol. The molecular weight excluding hydrogens is 238 g/mol. The van der Waals surface area contributed by atoms with Crippen LogP contribution in [0.3, 0.4) is 0 Å². The topological polar surface area (TPSA) is 29.5 Å². The second-order valence-corrected chi connectivity index (χ2v) is 7.32. The van der Waals surface area contributed by atoms with Gasteiger partial charge in [-0.2, -0.15) is 0 Å². The Balaban J connectivity index is 1.87. The normalized spacial score (nSPS) is 31.8. The molecule has 1 saturated carbocycles. The van der Waals surface area contributed by atoms with Gasteiger partial charge in [0.1, 0.15) is 5.60 Å². The fourth-order valence-electron chi connectivity index (χ4n) is 3.58. The molecule has 19 heavy (non-hydrogen) atoms. The molecule has 2 rings (SSSR count). The van der Waals surface area contributed by atoms with Crippen LogP contribution in [0.15, 0.2) is 0 Å². The number of likely N-dealkylation sites (tertiary alicyclic amines) is 1. The van der Waals surface area contributed by atoms with Crippen LogP contribution < -0.4 is 0 Å². The van der Waals surface area contributed by atoms with Gasteiger partial charge in [0.2, 0.25) is 0 Å². The number of piperidine rings is 1. The third kappa shape index (κ3) is 3.87. The Morgan fingerprint density at radius 1 is 1.21 bits per heavy atom. The van der Waals surface area contributed by atoms with Gasteiger partial charge in [-0.3, -0.25) is 0 Å². The fourth-order valence-corrected chi connectivity index (χ4v) is 3.58. The smallest absolute Gasteiger partial charge is 0.410 e. The molecule has 0 aromatic rings. The van der Waals surface area contributed by atoms with Crippen molar-refractivity contribution in [3.8, 4) is 0 Å². The number of carbonyl (C=O) groups excluding carboxylic acids is 1. The average molecular weight is 267 g/mol. The maximum absolute atomic E-state index is 12.1. The van der Waals surface area contributed by atoms with Gasteiger partial charge in [0, 0.05) is 13.1 Å². The van der Waals surface area contributed by atoms with E-state index in [1.807, 2.05) is 25.7 Å². The van der Waals surface area contributed by atoms with Crippen molar-refractivity contribution in [2.75, 3.05) is 13.1 Å². The van der Waals surface area contributed by atoms with Crippen LogP contribution in [-0.2, 0) is 4.74 Å². The molecule has 1 heterocycles. The fraction of sp³-hybridized carbons (Fsp3) is 0.938. The molecule has 2 aliphatic rings.